The topological polar surface area (TPSA) is 110 Å². The predicted molar refractivity (Wildman–Crippen MR) is 115 cm³/mol. The summed E-state index contributed by atoms with van der Waals surface area (Å²) in [6.07, 6.45) is 8.06. The minimum absolute atomic E-state index is 0.0927. The number of nitrogens with zero attached hydrogens (tertiary/aromatic N) is 4. The number of nitrogens with one attached hydrogen (secondary N) is 1. The number of carbonyl (C=O) groups is 1. The number of hydrogen-bond donors (Lipinski definition) is 1. The molecule has 0 bridgehead atoms. The van der Waals surface area contributed by atoms with Gasteiger partial charge in [0.25, 0.3) is 15.9 Å². The van der Waals surface area contributed by atoms with Gasteiger partial charge in [-0.25, -0.2) is 13.1 Å². The third-order valence-corrected chi connectivity index (χ3v) is 6.02. The van der Waals surface area contributed by atoms with Gasteiger partial charge in [-0.1, -0.05) is 18.2 Å². The van der Waals surface area contributed by atoms with Crippen LogP contribution < -0.4 is 5.32 Å². The molecule has 2 aliphatic heterocycles. The fourth-order valence-electron chi connectivity index (χ4n) is 3.36. The van der Waals surface area contributed by atoms with E-state index in [0.717, 1.165) is 11.3 Å². The fourth-order valence-corrected chi connectivity index (χ4v) is 4.35. The lowest BCUT2D eigenvalue weighted by Gasteiger charge is -2.28. The molecule has 9 nitrogen and oxygen atoms in total. The van der Waals surface area contributed by atoms with Gasteiger partial charge in [-0.15, -0.1) is 4.40 Å². The molecule has 5 rings (SSSR count). The minimum atomic E-state index is -3.61. The molecule has 10 heteroatoms. The summed E-state index contributed by atoms with van der Waals surface area (Å²) in [6.45, 7) is 0.245. The lowest BCUT2D eigenvalue weighted by atomic mass is 10.1. The SMILES string of the molecule is O=C(Nc1cc(-c2ccoc2)nn1-c1ccccc1)C1=CC=CN2CCS(=O)(=O)N=C12. The van der Waals surface area contributed by atoms with Gasteiger partial charge in [0.05, 0.1) is 35.2 Å². The Balaban J connectivity index is 1.52. The van der Waals surface area contributed by atoms with Gasteiger partial charge >= 0.3 is 0 Å². The summed E-state index contributed by atoms with van der Waals surface area (Å²) in [5.74, 6) is -0.0355. The van der Waals surface area contributed by atoms with Crippen LogP contribution in [-0.2, 0) is 14.8 Å². The highest BCUT2D eigenvalue weighted by Gasteiger charge is 2.30. The number of anilines is 1. The summed E-state index contributed by atoms with van der Waals surface area (Å²) in [5, 5.41) is 7.45. The molecule has 156 valence electrons. The van der Waals surface area contributed by atoms with Crippen molar-refractivity contribution in [2.45, 2.75) is 0 Å². The Kier molecular flexibility index (Phi) is 4.55. The molecule has 2 aliphatic rings. The van der Waals surface area contributed by atoms with E-state index in [1.54, 1.807) is 52.6 Å². The van der Waals surface area contributed by atoms with E-state index < -0.39 is 15.9 Å². The molecule has 3 aromatic rings. The Morgan fingerprint density at radius 2 is 2.00 bits per heavy atom. The van der Waals surface area contributed by atoms with E-state index in [-0.39, 0.29) is 23.7 Å². The van der Waals surface area contributed by atoms with Gasteiger partial charge < -0.3 is 14.6 Å². The molecule has 2 aromatic heterocycles. The number of carbonyl (C=O) groups excluding carboxylic acids is 1. The van der Waals surface area contributed by atoms with Crippen LogP contribution in [0.25, 0.3) is 16.9 Å². The van der Waals surface area contributed by atoms with Crippen molar-refractivity contribution in [1.82, 2.24) is 14.7 Å². The number of amidine groups is 1. The minimum Gasteiger partial charge on any atom is -0.472 e. The zero-order valence-electron chi connectivity index (χ0n) is 16.2. The molecule has 0 saturated heterocycles. The van der Waals surface area contributed by atoms with Crippen LogP contribution in [0.15, 0.2) is 87.7 Å². The van der Waals surface area contributed by atoms with E-state index in [1.807, 2.05) is 30.3 Å². The van der Waals surface area contributed by atoms with Crippen molar-refractivity contribution >= 4 is 27.6 Å². The van der Waals surface area contributed by atoms with Crippen molar-refractivity contribution in [1.29, 1.82) is 0 Å². The van der Waals surface area contributed by atoms with Crippen molar-refractivity contribution in [2.24, 2.45) is 4.40 Å². The maximum atomic E-state index is 13.1. The maximum Gasteiger partial charge on any atom is 0.260 e. The number of hydrogen-bond acceptors (Lipinski definition) is 6. The van der Waals surface area contributed by atoms with Crippen LogP contribution in [0.2, 0.25) is 0 Å². The van der Waals surface area contributed by atoms with Crippen LogP contribution in [0.1, 0.15) is 0 Å². The number of rotatable bonds is 4. The molecule has 0 atom stereocenters. The first kappa shape index (κ1) is 19.1. The van der Waals surface area contributed by atoms with Crippen LogP contribution >= 0.6 is 0 Å². The number of amides is 1. The Bertz CT molecular complexity index is 1340. The lowest BCUT2D eigenvalue weighted by molar-refractivity contribution is -0.112. The van der Waals surface area contributed by atoms with Crippen molar-refractivity contribution in [3.05, 3.63) is 78.9 Å². The van der Waals surface area contributed by atoms with E-state index in [9.17, 15) is 13.2 Å². The van der Waals surface area contributed by atoms with Gasteiger partial charge in [-0.3, -0.25) is 4.79 Å². The molecule has 0 radical (unpaired) electrons. The van der Waals surface area contributed by atoms with Crippen LogP contribution in [0.5, 0.6) is 0 Å². The summed E-state index contributed by atoms with van der Waals surface area (Å²) in [7, 11) is -3.61. The van der Waals surface area contributed by atoms with Crippen LogP contribution in [-0.4, -0.2) is 47.1 Å². The van der Waals surface area contributed by atoms with Crippen molar-refractivity contribution in [3.8, 4) is 16.9 Å². The first-order chi connectivity index (χ1) is 15.0. The van der Waals surface area contributed by atoms with Gasteiger partial charge in [-0.2, -0.15) is 5.10 Å². The second kappa shape index (κ2) is 7.40. The molecule has 0 saturated carbocycles. The van der Waals surface area contributed by atoms with E-state index in [2.05, 4.69) is 14.8 Å². The van der Waals surface area contributed by atoms with Gasteiger partial charge in [-0.05, 0) is 30.4 Å². The van der Waals surface area contributed by atoms with E-state index >= 15 is 0 Å². The quantitative estimate of drug-likeness (QED) is 0.675. The molecule has 1 aromatic carbocycles. The molecule has 0 fully saturated rings. The van der Waals surface area contributed by atoms with Crippen LogP contribution in [0.3, 0.4) is 0 Å². The van der Waals surface area contributed by atoms with Crippen molar-refractivity contribution in [3.63, 3.8) is 0 Å². The van der Waals surface area contributed by atoms with Gasteiger partial charge in [0, 0.05) is 24.4 Å². The highest BCUT2D eigenvalue weighted by Crippen LogP contribution is 2.26. The van der Waals surface area contributed by atoms with Gasteiger partial charge in [0.15, 0.2) is 5.84 Å². The Hall–Kier alpha value is -3.92. The van der Waals surface area contributed by atoms with E-state index in [4.69, 9.17) is 4.42 Å². The zero-order chi connectivity index (χ0) is 21.4. The Labute approximate surface area is 178 Å². The molecular weight excluding hydrogens is 418 g/mol. The largest absolute Gasteiger partial charge is 0.472 e. The fraction of sp³-hybridized carbons (Fsp3) is 0.0952. The van der Waals surface area contributed by atoms with Gasteiger partial charge in [0.1, 0.15) is 5.82 Å². The summed E-state index contributed by atoms with van der Waals surface area (Å²) < 4.78 is 34.5. The lowest BCUT2D eigenvalue weighted by Crippen LogP contribution is -2.41. The third kappa shape index (κ3) is 3.68. The third-order valence-electron chi connectivity index (χ3n) is 4.87. The summed E-state index contributed by atoms with van der Waals surface area (Å²) in [6, 6.07) is 12.9. The monoisotopic (exact) mass is 435 g/mol. The zero-order valence-corrected chi connectivity index (χ0v) is 17.0. The molecular formula is C21H17N5O4S. The van der Waals surface area contributed by atoms with Crippen molar-refractivity contribution < 1.29 is 17.6 Å². The molecule has 31 heavy (non-hydrogen) atoms. The smallest absolute Gasteiger partial charge is 0.260 e. The first-order valence-electron chi connectivity index (χ1n) is 9.48. The number of sulfonamides is 1. The summed E-state index contributed by atoms with van der Waals surface area (Å²) in [4.78, 5) is 14.8. The predicted octanol–water partition coefficient (Wildman–Crippen LogP) is 2.57. The van der Waals surface area contributed by atoms with Gasteiger partial charge in [0.2, 0.25) is 0 Å². The molecule has 1 N–H and O–H groups in total. The molecule has 1 amide bonds. The molecule has 0 aliphatic carbocycles. The Morgan fingerprint density at radius 1 is 1.16 bits per heavy atom. The second-order valence-electron chi connectivity index (χ2n) is 6.94. The normalized spacial score (nSPS) is 17.0. The molecule has 0 spiro atoms. The number of furan rings is 1. The van der Waals surface area contributed by atoms with E-state index in [1.165, 1.54) is 0 Å². The highest BCUT2D eigenvalue weighted by atomic mass is 32.2. The van der Waals surface area contributed by atoms with E-state index in [0.29, 0.717) is 11.5 Å². The average Bonchev–Trinajstić information content (AvgIpc) is 3.43. The number of aromatic nitrogens is 2. The number of fused-ring (bicyclic) bond motifs is 1. The number of para-hydroxylation sites is 1. The average molecular weight is 435 g/mol. The number of benzene rings is 1. The maximum absolute atomic E-state index is 13.1. The van der Waals surface area contributed by atoms with Crippen molar-refractivity contribution in [2.75, 3.05) is 17.6 Å². The Morgan fingerprint density at radius 3 is 2.77 bits per heavy atom. The molecule has 4 heterocycles. The number of allylic oxidation sites excluding steroid dienone is 2. The first-order valence-corrected chi connectivity index (χ1v) is 11.1. The summed E-state index contributed by atoms with van der Waals surface area (Å²) >= 11 is 0. The van der Waals surface area contributed by atoms with Crippen LogP contribution in [0, 0.1) is 0 Å². The molecule has 0 unspecified atom stereocenters. The second-order valence-corrected chi connectivity index (χ2v) is 8.70. The van der Waals surface area contributed by atoms with Crippen LogP contribution in [0.4, 0.5) is 5.82 Å². The summed E-state index contributed by atoms with van der Waals surface area (Å²) in [5.41, 5.74) is 2.30. The highest BCUT2D eigenvalue weighted by molar-refractivity contribution is 7.90. The standard InChI is InChI=1S/C21H17N5O4S/c27-21(17-7-4-9-25-10-12-31(28,29)24-20(17)25)22-19-13-18(15-8-11-30-14-15)23-26(19)16-5-2-1-3-6-16/h1-9,11,13-14H,10,12H2,(H,22,27).